The lowest BCUT2D eigenvalue weighted by molar-refractivity contribution is 0.101. The van der Waals surface area contributed by atoms with E-state index in [0.717, 1.165) is 5.56 Å². The first-order valence-electron chi connectivity index (χ1n) is 11.3. The Hall–Kier alpha value is -3.85. The first-order valence-corrected chi connectivity index (χ1v) is 13.1. The minimum atomic E-state index is -3.14. The highest BCUT2D eigenvalue weighted by Gasteiger charge is 2.32. The largest absolute Gasteiger partial charge is 0.322 e. The number of aryl methyl sites for hydroxylation is 1. The molecule has 35 heavy (non-hydrogen) atoms. The molecule has 1 N–H and O–H groups in total. The van der Waals surface area contributed by atoms with E-state index in [4.69, 9.17) is 4.98 Å². The summed E-state index contributed by atoms with van der Waals surface area (Å²) in [5.41, 5.74) is 3.87. The average Bonchev–Trinajstić information content (AvgIpc) is 3.37. The van der Waals surface area contributed by atoms with E-state index in [0.29, 0.717) is 45.7 Å². The molecule has 9 heteroatoms. The van der Waals surface area contributed by atoms with Crippen molar-refractivity contribution >= 4 is 38.2 Å². The van der Waals surface area contributed by atoms with Gasteiger partial charge >= 0.3 is 0 Å². The van der Waals surface area contributed by atoms with Gasteiger partial charge in [-0.2, -0.15) is 5.10 Å². The zero-order valence-electron chi connectivity index (χ0n) is 19.4. The predicted molar refractivity (Wildman–Crippen MR) is 134 cm³/mol. The van der Waals surface area contributed by atoms with Crippen LogP contribution < -0.4 is 5.32 Å². The van der Waals surface area contributed by atoms with E-state index < -0.39 is 9.84 Å². The van der Waals surface area contributed by atoms with Crippen LogP contribution in [0.3, 0.4) is 0 Å². The summed E-state index contributed by atoms with van der Waals surface area (Å²) in [6.45, 7) is 3.26. The number of hydrogen-bond acceptors (Lipinski definition) is 6. The lowest BCUT2D eigenvalue weighted by Gasteiger charge is -2.12. The van der Waals surface area contributed by atoms with E-state index in [1.807, 2.05) is 30.3 Å². The van der Waals surface area contributed by atoms with Crippen LogP contribution in [0.2, 0.25) is 0 Å². The average molecular weight is 489 g/mol. The predicted octanol–water partition coefficient (Wildman–Crippen LogP) is 4.22. The summed E-state index contributed by atoms with van der Waals surface area (Å²) in [7, 11) is -3.14. The number of sulfone groups is 1. The molecular weight excluding hydrogens is 464 g/mol. The molecule has 8 nitrogen and oxygen atoms in total. The van der Waals surface area contributed by atoms with Gasteiger partial charge in [0, 0.05) is 16.8 Å². The van der Waals surface area contributed by atoms with Crippen molar-refractivity contribution in [1.82, 2.24) is 14.8 Å². The van der Waals surface area contributed by atoms with Gasteiger partial charge in [-0.15, -0.1) is 0 Å². The van der Waals surface area contributed by atoms with E-state index >= 15 is 0 Å². The number of carbonyl (C=O) groups excluding carboxylic acids is 2. The molecule has 0 radical (unpaired) electrons. The van der Waals surface area contributed by atoms with E-state index in [-0.39, 0.29) is 29.2 Å². The third-order valence-electron chi connectivity index (χ3n) is 6.23. The molecule has 2 aromatic carbocycles. The zero-order chi connectivity index (χ0) is 24.7. The van der Waals surface area contributed by atoms with E-state index in [2.05, 4.69) is 10.4 Å². The second-order valence-corrected chi connectivity index (χ2v) is 11.0. The van der Waals surface area contributed by atoms with Gasteiger partial charge in [-0.05, 0) is 38.5 Å². The second kappa shape index (κ2) is 8.74. The lowest BCUT2D eigenvalue weighted by Crippen LogP contribution is -2.15. The van der Waals surface area contributed by atoms with Crippen LogP contribution in [0.5, 0.6) is 0 Å². The maximum atomic E-state index is 13.5. The minimum absolute atomic E-state index is 0.000166. The Morgan fingerprint density at radius 3 is 2.51 bits per heavy atom. The summed E-state index contributed by atoms with van der Waals surface area (Å²) < 4.78 is 26.0. The van der Waals surface area contributed by atoms with E-state index in [1.165, 1.54) is 6.92 Å². The fourth-order valence-electron chi connectivity index (χ4n) is 4.49. The molecule has 1 aliphatic heterocycles. The Kier molecular flexibility index (Phi) is 5.72. The Morgan fingerprint density at radius 2 is 1.83 bits per heavy atom. The number of aromatic nitrogens is 3. The molecule has 0 bridgehead atoms. The van der Waals surface area contributed by atoms with Crippen LogP contribution in [0.25, 0.3) is 22.3 Å². The number of benzene rings is 2. The van der Waals surface area contributed by atoms with Crippen LogP contribution in [0.15, 0.2) is 60.7 Å². The summed E-state index contributed by atoms with van der Waals surface area (Å²) in [6.07, 6.45) is 0.454. The summed E-state index contributed by atoms with van der Waals surface area (Å²) >= 11 is 0. The summed E-state index contributed by atoms with van der Waals surface area (Å²) in [4.78, 5) is 30.1. The molecule has 5 rings (SSSR count). The molecule has 0 saturated carbocycles. The molecule has 0 aliphatic carbocycles. The highest BCUT2D eigenvalue weighted by atomic mass is 32.2. The number of carbonyl (C=O) groups is 2. The highest BCUT2D eigenvalue weighted by molar-refractivity contribution is 7.91. The smallest absolute Gasteiger partial charge is 0.256 e. The third-order valence-corrected chi connectivity index (χ3v) is 7.98. The number of rotatable bonds is 5. The molecule has 1 saturated heterocycles. The van der Waals surface area contributed by atoms with Crippen molar-refractivity contribution in [1.29, 1.82) is 0 Å². The van der Waals surface area contributed by atoms with Gasteiger partial charge in [-0.25, -0.2) is 18.1 Å². The van der Waals surface area contributed by atoms with Crippen molar-refractivity contribution < 1.29 is 18.0 Å². The first kappa shape index (κ1) is 22.9. The van der Waals surface area contributed by atoms with Crippen LogP contribution in [0, 0.1) is 6.92 Å². The molecule has 4 aromatic rings. The van der Waals surface area contributed by atoms with Crippen molar-refractivity contribution in [3.8, 4) is 11.3 Å². The molecule has 1 fully saturated rings. The number of fused-ring (bicyclic) bond motifs is 1. The van der Waals surface area contributed by atoms with Gasteiger partial charge in [-0.1, -0.05) is 42.5 Å². The molecule has 3 heterocycles. The minimum Gasteiger partial charge on any atom is -0.322 e. The topological polar surface area (TPSA) is 111 Å². The van der Waals surface area contributed by atoms with Crippen molar-refractivity contribution in [2.24, 2.45) is 0 Å². The molecule has 2 aromatic heterocycles. The van der Waals surface area contributed by atoms with E-state index in [9.17, 15) is 18.0 Å². The summed E-state index contributed by atoms with van der Waals surface area (Å²) in [6, 6.07) is 17.6. The van der Waals surface area contributed by atoms with Crippen molar-refractivity contribution in [3.05, 3.63) is 77.5 Å². The van der Waals surface area contributed by atoms with Crippen LogP contribution in [0.1, 0.15) is 45.8 Å². The van der Waals surface area contributed by atoms with Gasteiger partial charge in [0.05, 0.1) is 39.9 Å². The number of ketones is 1. The van der Waals surface area contributed by atoms with Crippen LogP contribution in [-0.2, 0) is 9.84 Å². The van der Waals surface area contributed by atoms with Crippen molar-refractivity contribution in [2.75, 3.05) is 16.8 Å². The van der Waals surface area contributed by atoms with Gasteiger partial charge in [0.1, 0.15) is 0 Å². The van der Waals surface area contributed by atoms with Crippen molar-refractivity contribution in [3.63, 3.8) is 0 Å². The Bertz CT molecular complexity index is 1580. The molecule has 1 atom stereocenters. The molecule has 0 spiro atoms. The second-order valence-electron chi connectivity index (χ2n) is 8.80. The van der Waals surface area contributed by atoms with Gasteiger partial charge in [-0.3, -0.25) is 9.59 Å². The molecular formula is C26H24N4O4S. The van der Waals surface area contributed by atoms with Gasteiger partial charge in [0.2, 0.25) is 0 Å². The van der Waals surface area contributed by atoms with Crippen LogP contribution in [-0.4, -0.2) is 46.4 Å². The fourth-order valence-corrected chi connectivity index (χ4v) is 6.18. The number of amides is 1. The standard InChI is InChI=1S/C26H24N4O4S/c1-16-24-22(26(32)27-20-10-6-9-19(13-20)17(2)31)14-23(18-7-4-3-5-8-18)28-25(24)30(29-16)21-11-12-35(33,34)15-21/h3-10,13-14,21H,11-12,15H2,1-2H3,(H,27,32). The number of nitrogens with zero attached hydrogens (tertiary/aromatic N) is 3. The summed E-state index contributed by atoms with van der Waals surface area (Å²) in [5, 5.41) is 8.09. The Labute approximate surface area is 202 Å². The molecule has 1 amide bonds. The number of hydrogen-bond donors (Lipinski definition) is 1. The fraction of sp³-hybridized carbons (Fsp3) is 0.231. The summed E-state index contributed by atoms with van der Waals surface area (Å²) in [5.74, 6) is -0.352. The van der Waals surface area contributed by atoms with Gasteiger partial charge in [0.25, 0.3) is 5.91 Å². The van der Waals surface area contributed by atoms with Gasteiger partial charge < -0.3 is 5.32 Å². The van der Waals surface area contributed by atoms with Gasteiger partial charge in [0.15, 0.2) is 21.3 Å². The lowest BCUT2D eigenvalue weighted by atomic mass is 10.0. The Morgan fingerprint density at radius 1 is 1.06 bits per heavy atom. The molecule has 178 valence electrons. The highest BCUT2D eigenvalue weighted by Crippen LogP contribution is 2.32. The van der Waals surface area contributed by atoms with E-state index in [1.54, 1.807) is 41.9 Å². The monoisotopic (exact) mass is 488 g/mol. The number of nitrogens with one attached hydrogen (secondary N) is 1. The molecule has 1 unspecified atom stereocenters. The number of Topliss-reactive ketones (excluding diaryl/α,β-unsaturated/α-hetero) is 1. The van der Waals surface area contributed by atoms with Crippen LogP contribution >= 0.6 is 0 Å². The SMILES string of the molecule is CC(=O)c1cccc(NC(=O)c2cc(-c3ccccc3)nc3c2c(C)nn3C2CCS(=O)(=O)C2)c1. The first-order chi connectivity index (χ1) is 16.7. The third kappa shape index (κ3) is 4.46. The number of pyridine rings is 1. The maximum absolute atomic E-state index is 13.5. The van der Waals surface area contributed by atoms with Crippen LogP contribution in [0.4, 0.5) is 5.69 Å². The quantitative estimate of drug-likeness (QED) is 0.421. The normalized spacial score (nSPS) is 16.9. The maximum Gasteiger partial charge on any atom is 0.256 e. The van der Waals surface area contributed by atoms with Crippen molar-refractivity contribution in [2.45, 2.75) is 26.3 Å². The zero-order valence-corrected chi connectivity index (χ0v) is 20.2. The number of anilines is 1. The Balaban J connectivity index is 1.65. The molecule has 1 aliphatic rings.